The molecule has 0 saturated heterocycles. The molecule has 0 saturated carbocycles. The van der Waals surface area contributed by atoms with Crippen LogP contribution in [-0.4, -0.2) is 36.1 Å². The molecule has 226 valence electrons. The van der Waals surface area contributed by atoms with Gasteiger partial charge in [0.25, 0.3) is 0 Å². The van der Waals surface area contributed by atoms with E-state index in [1.54, 1.807) is 0 Å². The third kappa shape index (κ3) is 6.31. The van der Waals surface area contributed by atoms with Crippen LogP contribution in [0.2, 0.25) is 0 Å². The number of benzene rings is 5. The maximum Gasteiger partial charge on any atom is 0.220 e. The number of hydrogen-bond donors (Lipinski definition) is 2. The van der Waals surface area contributed by atoms with Crippen LogP contribution in [0, 0.1) is 0 Å². The van der Waals surface area contributed by atoms with Crippen molar-refractivity contribution < 1.29 is 9.05 Å². The van der Waals surface area contributed by atoms with E-state index in [1.807, 2.05) is 48.5 Å². The summed E-state index contributed by atoms with van der Waals surface area (Å²) in [5.74, 6) is 0. The van der Waals surface area contributed by atoms with Crippen LogP contribution in [0.25, 0.3) is 54.7 Å². The van der Waals surface area contributed by atoms with E-state index in [0.717, 1.165) is 59.5 Å². The summed E-state index contributed by atoms with van der Waals surface area (Å²) in [4.78, 5) is 4.58. The minimum Gasteiger partial charge on any atom is -0.399 e. The number of nitrogens with two attached hydrogens (primary N) is 2. The number of para-hydroxylation sites is 2. The highest BCUT2D eigenvalue weighted by Crippen LogP contribution is 2.33. The molecule has 2 aromatic heterocycles. The molecule has 5 nitrogen and oxygen atoms in total. The Balaban J connectivity index is 0.000000210. The minimum absolute atomic E-state index is 0.784. The van der Waals surface area contributed by atoms with E-state index in [9.17, 15) is 0 Å². The summed E-state index contributed by atoms with van der Waals surface area (Å²) in [7, 11) is 2.35. The summed E-state index contributed by atoms with van der Waals surface area (Å²) < 4.78 is 3.54. The Morgan fingerprint density at radius 1 is 0.622 bits per heavy atom. The SMILES string of the molecule is CC[N+](C)(CC)CCC[n+]1c(-c2ccccc2)c2cc(N)ccc2c2ccc(N)cc21.c1ccc2nc3ccccc3cc2c1. The molecule has 45 heavy (non-hydrogen) atoms. The van der Waals surface area contributed by atoms with Crippen molar-refractivity contribution in [3.05, 3.63) is 121 Å². The van der Waals surface area contributed by atoms with Crippen LogP contribution in [0.15, 0.2) is 121 Å². The second-order valence-electron chi connectivity index (χ2n) is 12.2. The highest BCUT2D eigenvalue weighted by atomic mass is 15.3. The second kappa shape index (κ2) is 12.9. The predicted octanol–water partition coefficient (Wildman–Crippen LogP) is 8.38. The number of nitrogens with zero attached hydrogens (tertiary/aromatic N) is 3. The summed E-state index contributed by atoms with van der Waals surface area (Å²) in [6.07, 6.45) is 1.10. The molecule has 0 aliphatic rings. The molecule has 0 aliphatic carbocycles. The van der Waals surface area contributed by atoms with E-state index in [4.69, 9.17) is 11.5 Å². The van der Waals surface area contributed by atoms with E-state index in [0.29, 0.717) is 0 Å². The highest BCUT2D eigenvalue weighted by Gasteiger charge is 2.25. The monoisotopic (exact) mass is 593 g/mol. The molecule has 5 aromatic carbocycles. The molecule has 0 unspecified atom stereocenters. The standard InChI is InChI=1S/C27H33N4.C13H9N/c1-4-31(3,5-2)17-9-16-30-26-19-22(29)13-15-24(26)23-14-12-21(28)18-25(23)27(30)20-10-7-6-8-11-20;1-3-7-12-10(5-1)9-11-6-2-4-8-13(11)14-12/h6-8,10-15,18-19,29H,4-5,9,16-17,28H2,1-3H3;1-9H/q+1;/p+1. The van der Waals surface area contributed by atoms with Crippen molar-refractivity contribution in [1.82, 2.24) is 4.98 Å². The van der Waals surface area contributed by atoms with Gasteiger partial charge in [0.15, 0.2) is 6.54 Å². The molecule has 0 amide bonds. The van der Waals surface area contributed by atoms with Crippen molar-refractivity contribution in [3.63, 3.8) is 0 Å². The second-order valence-corrected chi connectivity index (χ2v) is 12.2. The Morgan fingerprint density at radius 2 is 1.20 bits per heavy atom. The number of hydrogen-bond acceptors (Lipinski definition) is 3. The van der Waals surface area contributed by atoms with Gasteiger partial charge < -0.3 is 16.0 Å². The number of quaternary nitrogens is 1. The van der Waals surface area contributed by atoms with Gasteiger partial charge in [0.05, 0.1) is 54.9 Å². The van der Waals surface area contributed by atoms with E-state index >= 15 is 0 Å². The highest BCUT2D eigenvalue weighted by molar-refractivity contribution is 6.10. The number of nitrogen functional groups attached to an aromatic ring is 2. The Morgan fingerprint density at radius 3 is 1.84 bits per heavy atom. The third-order valence-corrected chi connectivity index (χ3v) is 9.25. The van der Waals surface area contributed by atoms with E-state index in [-0.39, 0.29) is 0 Å². The Labute approximate surface area is 265 Å². The largest absolute Gasteiger partial charge is 0.399 e. The van der Waals surface area contributed by atoms with Crippen LogP contribution < -0.4 is 16.0 Å². The topological polar surface area (TPSA) is 68.8 Å². The lowest BCUT2D eigenvalue weighted by Gasteiger charge is -2.31. The van der Waals surface area contributed by atoms with Crippen molar-refractivity contribution in [1.29, 1.82) is 0 Å². The summed E-state index contributed by atoms with van der Waals surface area (Å²) in [6, 6.07) is 41.7. The van der Waals surface area contributed by atoms with Crippen molar-refractivity contribution in [2.75, 3.05) is 38.1 Å². The molecular weight excluding hydrogens is 550 g/mol. The molecule has 5 heteroatoms. The van der Waals surface area contributed by atoms with Gasteiger partial charge in [-0.15, -0.1) is 0 Å². The first kappa shape index (κ1) is 30.0. The van der Waals surface area contributed by atoms with Crippen LogP contribution in [0.4, 0.5) is 11.4 Å². The smallest absolute Gasteiger partial charge is 0.220 e. The number of anilines is 2. The first-order chi connectivity index (χ1) is 21.9. The summed E-state index contributed by atoms with van der Waals surface area (Å²) in [5.41, 5.74) is 19.8. The zero-order valence-corrected chi connectivity index (χ0v) is 26.6. The van der Waals surface area contributed by atoms with Crippen LogP contribution in [0.1, 0.15) is 20.3 Å². The van der Waals surface area contributed by atoms with Crippen LogP contribution >= 0.6 is 0 Å². The lowest BCUT2D eigenvalue weighted by atomic mass is 9.98. The fraction of sp³-hybridized carbons (Fsp3) is 0.200. The molecule has 0 aliphatic heterocycles. The third-order valence-electron chi connectivity index (χ3n) is 9.25. The van der Waals surface area contributed by atoms with Gasteiger partial charge >= 0.3 is 0 Å². The summed E-state index contributed by atoms with van der Waals surface area (Å²) in [6.45, 7) is 8.93. The quantitative estimate of drug-likeness (QED) is 0.0641. The fourth-order valence-electron chi connectivity index (χ4n) is 6.27. The summed E-state index contributed by atoms with van der Waals surface area (Å²) in [5, 5.41) is 6.01. The van der Waals surface area contributed by atoms with Gasteiger partial charge in [0, 0.05) is 39.2 Å². The molecule has 7 rings (SSSR count). The number of rotatable bonds is 7. The molecule has 0 spiro atoms. The average molecular weight is 594 g/mol. The van der Waals surface area contributed by atoms with Gasteiger partial charge in [-0.1, -0.05) is 60.7 Å². The number of aryl methyl sites for hydroxylation is 1. The predicted molar refractivity (Wildman–Crippen MR) is 192 cm³/mol. The Bertz CT molecular complexity index is 1990. The van der Waals surface area contributed by atoms with Gasteiger partial charge in [0.2, 0.25) is 11.2 Å². The molecule has 0 atom stereocenters. The normalized spacial score (nSPS) is 11.6. The van der Waals surface area contributed by atoms with Gasteiger partial charge in [-0.2, -0.15) is 4.57 Å². The van der Waals surface area contributed by atoms with Gasteiger partial charge in [-0.05, 0) is 68.4 Å². The number of aromatic nitrogens is 2. The number of fused-ring (bicyclic) bond motifs is 5. The van der Waals surface area contributed by atoms with Crippen molar-refractivity contribution in [2.24, 2.45) is 0 Å². The van der Waals surface area contributed by atoms with Gasteiger partial charge in [-0.25, -0.2) is 4.98 Å². The van der Waals surface area contributed by atoms with Crippen molar-refractivity contribution >= 4 is 54.9 Å². The van der Waals surface area contributed by atoms with Crippen LogP contribution in [0.5, 0.6) is 0 Å². The lowest BCUT2D eigenvalue weighted by Crippen LogP contribution is -2.46. The van der Waals surface area contributed by atoms with Gasteiger partial charge in [0.1, 0.15) is 0 Å². The Hall–Kier alpha value is -5.00. The molecule has 0 fully saturated rings. The lowest BCUT2D eigenvalue weighted by molar-refractivity contribution is -0.908. The maximum absolute atomic E-state index is 6.25. The molecule has 4 N–H and O–H groups in total. The van der Waals surface area contributed by atoms with Crippen molar-refractivity contribution in [3.8, 4) is 11.3 Å². The van der Waals surface area contributed by atoms with Crippen LogP contribution in [0.3, 0.4) is 0 Å². The van der Waals surface area contributed by atoms with E-state index in [1.165, 1.54) is 43.7 Å². The molecular formula is C40H43N5+2. The minimum atomic E-state index is 0.784. The molecule has 2 heterocycles. The number of pyridine rings is 2. The Kier molecular flexibility index (Phi) is 8.63. The van der Waals surface area contributed by atoms with Gasteiger partial charge in [-0.3, -0.25) is 0 Å². The molecule has 7 aromatic rings. The van der Waals surface area contributed by atoms with E-state index < -0.39 is 0 Å². The van der Waals surface area contributed by atoms with Crippen molar-refractivity contribution in [2.45, 2.75) is 26.8 Å². The average Bonchev–Trinajstić information content (AvgIpc) is 3.07. The molecule has 0 bridgehead atoms. The zero-order chi connectivity index (χ0) is 31.4. The summed E-state index contributed by atoms with van der Waals surface area (Å²) >= 11 is 0. The fourth-order valence-corrected chi connectivity index (χ4v) is 6.27. The zero-order valence-electron chi connectivity index (χ0n) is 26.6. The first-order valence-corrected chi connectivity index (χ1v) is 16.0. The molecule has 0 radical (unpaired) electrons. The van der Waals surface area contributed by atoms with E-state index in [2.05, 4.69) is 103 Å². The first-order valence-electron chi connectivity index (χ1n) is 16.0. The maximum atomic E-state index is 6.25. The van der Waals surface area contributed by atoms with Crippen LogP contribution in [-0.2, 0) is 6.54 Å².